The molecule has 0 atom stereocenters. The number of para-hydroxylation sites is 1. The quantitative estimate of drug-likeness (QED) is 0.451. The first-order chi connectivity index (χ1) is 12.3. The maximum Gasteiger partial charge on any atom is 0.134 e. The lowest BCUT2D eigenvalue weighted by molar-refractivity contribution is 0.495. The standard InChI is InChI=1S/C21H19FN2O.ClH/c22-17-7-5-15(6-8-17)21-10-9-18(25-21)14-23-12-11-16-13-24-20-4-2-1-3-19(16)20;/h1-10,13,23-24H,11-12,14H2;1H. The summed E-state index contributed by atoms with van der Waals surface area (Å²) in [7, 11) is 0. The summed E-state index contributed by atoms with van der Waals surface area (Å²) in [6, 6.07) is 18.5. The molecule has 4 rings (SSSR count). The fourth-order valence-electron chi connectivity index (χ4n) is 3.02. The number of furan rings is 1. The number of halogens is 2. The molecule has 0 aliphatic rings. The molecule has 0 fully saturated rings. The van der Waals surface area contributed by atoms with Gasteiger partial charge in [-0.3, -0.25) is 0 Å². The minimum Gasteiger partial charge on any atom is -0.460 e. The van der Waals surface area contributed by atoms with E-state index in [9.17, 15) is 4.39 Å². The molecule has 3 nitrogen and oxygen atoms in total. The second-order valence-electron chi connectivity index (χ2n) is 6.06. The number of H-pyrrole nitrogens is 1. The lowest BCUT2D eigenvalue weighted by Crippen LogP contribution is -2.16. The third-order valence-corrected chi connectivity index (χ3v) is 4.34. The summed E-state index contributed by atoms with van der Waals surface area (Å²) in [6.45, 7) is 1.54. The average Bonchev–Trinajstić information content (AvgIpc) is 3.27. The molecule has 0 radical (unpaired) electrons. The van der Waals surface area contributed by atoms with Crippen molar-refractivity contribution in [3.8, 4) is 11.3 Å². The van der Waals surface area contributed by atoms with Gasteiger partial charge in [-0.05, 0) is 61.0 Å². The van der Waals surface area contributed by atoms with Crippen LogP contribution in [0.15, 0.2) is 71.3 Å². The van der Waals surface area contributed by atoms with Gasteiger partial charge in [-0.25, -0.2) is 4.39 Å². The van der Waals surface area contributed by atoms with Crippen molar-refractivity contribution in [3.63, 3.8) is 0 Å². The van der Waals surface area contributed by atoms with Crippen molar-refractivity contribution >= 4 is 23.3 Å². The molecule has 2 N–H and O–H groups in total. The number of aromatic amines is 1. The van der Waals surface area contributed by atoms with Gasteiger partial charge in [0.15, 0.2) is 0 Å². The van der Waals surface area contributed by atoms with Crippen LogP contribution in [0.2, 0.25) is 0 Å². The number of hydrogen-bond donors (Lipinski definition) is 2. The Bertz CT molecular complexity index is 975. The maximum absolute atomic E-state index is 13.0. The van der Waals surface area contributed by atoms with E-state index in [1.807, 2.05) is 18.2 Å². The normalized spacial score (nSPS) is 10.8. The Hall–Kier alpha value is -2.56. The van der Waals surface area contributed by atoms with Crippen LogP contribution in [0.3, 0.4) is 0 Å². The highest BCUT2D eigenvalue weighted by molar-refractivity contribution is 5.85. The van der Waals surface area contributed by atoms with E-state index < -0.39 is 0 Å². The first kappa shape index (κ1) is 18.2. The Balaban J connectivity index is 0.00000196. The van der Waals surface area contributed by atoms with Gasteiger partial charge in [0, 0.05) is 22.7 Å². The van der Waals surface area contributed by atoms with Gasteiger partial charge in [0.2, 0.25) is 0 Å². The van der Waals surface area contributed by atoms with Gasteiger partial charge in [-0.1, -0.05) is 18.2 Å². The third kappa shape index (κ3) is 3.98. The fraction of sp³-hybridized carbons (Fsp3) is 0.143. The third-order valence-electron chi connectivity index (χ3n) is 4.34. The second-order valence-corrected chi connectivity index (χ2v) is 6.06. The summed E-state index contributed by atoms with van der Waals surface area (Å²) in [5, 5.41) is 4.69. The molecule has 4 aromatic rings. The SMILES string of the molecule is Cl.Fc1ccc(-c2ccc(CNCCc3c[nH]c4ccccc34)o2)cc1. The molecule has 2 aromatic carbocycles. The number of benzene rings is 2. The van der Waals surface area contributed by atoms with Gasteiger partial charge >= 0.3 is 0 Å². The van der Waals surface area contributed by atoms with Crippen LogP contribution < -0.4 is 5.32 Å². The van der Waals surface area contributed by atoms with Crippen molar-refractivity contribution in [2.75, 3.05) is 6.54 Å². The molecule has 0 spiro atoms. The summed E-state index contributed by atoms with van der Waals surface area (Å²) < 4.78 is 18.8. The van der Waals surface area contributed by atoms with E-state index in [-0.39, 0.29) is 18.2 Å². The van der Waals surface area contributed by atoms with Gasteiger partial charge in [0.1, 0.15) is 17.3 Å². The van der Waals surface area contributed by atoms with Gasteiger partial charge < -0.3 is 14.7 Å². The number of hydrogen-bond acceptors (Lipinski definition) is 2. The lowest BCUT2D eigenvalue weighted by atomic mass is 10.1. The summed E-state index contributed by atoms with van der Waals surface area (Å²) in [5.41, 5.74) is 3.37. The predicted octanol–water partition coefficient (Wildman–Crippen LogP) is 5.32. The van der Waals surface area contributed by atoms with Crippen molar-refractivity contribution in [2.24, 2.45) is 0 Å². The Morgan fingerprint density at radius 2 is 1.77 bits per heavy atom. The summed E-state index contributed by atoms with van der Waals surface area (Å²) in [4.78, 5) is 3.30. The van der Waals surface area contributed by atoms with Crippen LogP contribution in [0.4, 0.5) is 4.39 Å². The van der Waals surface area contributed by atoms with Crippen molar-refractivity contribution < 1.29 is 8.81 Å². The zero-order chi connectivity index (χ0) is 17.1. The van der Waals surface area contributed by atoms with Crippen molar-refractivity contribution in [1.29, 1.82) is 0 Å². The van der Waals surface area contributed by atoms with Crippen LogP contribution in [0.25, 0.3) is 22.2 Å². The highest BCUT2D eigenvalue weighted by Crippen LogP contribution is 2.22. The summed E-state index contributed by atoms with van der Waals surface area (Å²) >= 11 is 0. The Kier molecular flexibility index (Phi) is 5.76. The minimum absolute atomic E-state index is 0. The zero-order valence-electron chi connectivity index (χ0n) is 14.2. The minimum atomic E-state index is -0.241. The molecular weight excluding hydrogens is 351 g/mol. The Labute approximate surface area is 157 Å². The van der Waals surface area contributed by atoms with Crippen LogP contribution in [0.5, 0.6) is 0 Å². The zero-order valence-corrected chi connectivity index (χ0v) is 15.0. The average molecular weight is 371 g/mol. The van der Waals surface area contributed by atoms with Crippen LogP contribution in [-0.2, 0) is 13.0 Å². The molecule has 2 heterocycles. The summed E-state index contributed by atoms with van der Waals surface area (Å²) in [6.07, 6.45) is 3.03. The van der Waals surface area contributed by atoms with Crippen LogP contribution in [0, 0.1) is 5.82 Å². The van der Waals surface area contributed by atoms with Crippen molar-refractivity contribution in [3.05, 3.63) is 84.0 Å². The first-order valence-electron chi connectivity index (χ1n) is 8.40. The van der Waals surface area contributed by atoms with Crippen LogP contribution in [0.1, 0.15) is 11.3 Å². The number of rotatable bonds is 6. The molecule has 0 bridgehead atoms. The highest BCUT2D eigenvalue weighted by atomic mass is 35.5. The molecule has 2 aromatic heterocycles. The van der Waals surface area contributed by atoms with Crippen molar-refractivity contribution in [1.82, 2.24) is 10.3 Å². The molecule has 0 aliphatic heterocycles. The molecule has 0 aliphatic carbocycles. The summed E-state index contributed by atoms with van der Waals surface area (Å²) in [5.74, 6) is 1.39. The van der Waals surface area contributed by atoms with Gasteiger partial charge in [-0.15, -0.1) is 12.4 Å². The van der Waals surface area contributed by atoms with E-state index in [1.165, 1.54) is 28.6 Å². The predicted molar refractivity (Wildman–Crippen MR) is 105 cm³/mol. The first-order valence-corrected chi connectivity index (χ1v) is 8.40. The molecule has 134 valence electrons. The molecule has 0 amide bonds. The molecule has 5 heteroatoms. The van der Waals surface area contributed by atoms with E-state index in [0.717, 1.165) is 30.0 Å². The van der Waals surface area contributed by atoms with Gasteiger partial charge in [-0.2, -0.15) is 0 Å². The molecule has 0 unspecified atom stereocenters. The molecule has 0 saturated heterocycles. The van der Waals surface area contributed by atoms with E-state index in [4.69, 9.17) is 4.42 Å². The largest absolute Gasteiger partial charge is 0.460 e. The number of aromatic nitrogens is 1. The molecular formula is C21H20ClFN2O. The lowest BCUT2D eigenvalue weighted by Gasteiger charge is -2.03. The van der Waals surface area contributed by atoms with Crippen LogP contribution >= 0.6 is 12.4 Å². The Morgan fingerprint density at radius 3 is 2.62 bits per heavy atom. The van der Waals surface area contributed by atoms with Crippen LogP contribution in [-0.4, -0.2) is 11.5 Å². The van der Waals surface area contributed by atoms with E-state index >= 15 is 0 Å². The maximum atomic E-state index is 13.0. The van der Waals surface area contributed by atoms with Crippen molar-refractivity contribution in [2.45, 2.75) is 13.0 Å². The molecule has 26 heavy (non-hydrogen) atoms. The van der Waals surface area contributed by atoms with E-state index in [0.29, 0.717) is 6.54 Å². The van der Waals surface area contributed by atoms with Gasteiger partial charge in [0.05, 0.1) is 6.54 Å². The van der Waals surface area contributed by atoms with E-state index in [1.54, 1.807) is 12.1 Å². The fourth-order valence-corrected chi connectivity index (χ4v) is 3.02. The highest BCUT2D eigenvalue weighted by Gasteiger charge is 2.06. The molecule has 0 saturated carbocycles. The number of nitrogens with one attached hydrogen (secondary N) is 2. The number of fused-ring (bicyclic) bond motifs is 1. The Morgan fingerprint density at radius 1 is 0.962 bits per heavy atom. The second kappa shape index (κ2) is 8.21. The smallest absolute Gasteiger partial charge is 0.134 e. The van der Waals surface area contributed by atoms with E-state index in [2.05, 4.69) is 34.7 Å². The van der Waals surface area contributed by atoms with Gasteiger partial charge in [0.25, 0.3) is 0 Å². The monoisotopic (exact) mass is 370 g/mol. The topological polar surface area (TPSA) is 41.0 Å².